The predicted molar refractivity (Wildman–Crippen MR) is 95.3 cm³/mol. The Balaban J connectivity index is 1.81. The second-order valence-corrected chi connectivity index (χ2v) is 5.49. The predicted octanol–water partition coefficient (Wildman–Crippen LogP) is 4.36. The number of hydrogen-bond acceptors (Lipinski definition) is 2. The van der Waals surface area contributed by atoms with Crippen molar-refractivity contribution >= 4 is 23.4 Å². The molecular weight excluding hydrogens is 284 g/mol. The van der Waals surface area contributed by atoms with Crippen molar-refractivity contribution in [2.75, 3.05) is 5.01 Å². The van der Waals surface area contributed by atoms with Crippen LogP contribution in [-0.4, -0.2) is 11.6 Å². The fourth-order valence-corrected chi connectivity index (χ4v) is 2.39. The molecular formula is C20H18N2O. The zero-order chi connectivity index (χ0) is 16.2. The van der Waals surface area contributed by atoms with Gasteiger partial charge in [0.25, 0.3) is 5.91 Å². The van der Waals surface area contributed by atoms with Crippen LogP contribution in [0.4, 0.5) is 5.69 Å². The lowest BCUT2D eigenvalue weighted by Gasteiger charge is -2.11. The van der Waals surface area contributed by atoms with Gasteiger partial charge in [-0.3, -0.25) is 4.79 Å². The van der Waals surface area contributed by atoms with Crippen LogP contribution in [-0.2, 0) is 4.79 Å². The SMILES string of the molecule is CC1=NN(c2ccc(C)cc2)C(=O)C1=CC=Cc1ccccc1. The van der Waals surface area contributed by atoms with Crippen LogP contribution in [0.2, 0.25) is 0 Å². The van der Waals surface area contributed by atoms with Crippen LogP contribution >= 0.6 is 0 Å². The van der Waals surface area contributed by atoms with Crippen LogP contribution in [0.1, 0.15) is 18.1 Å². The number of hydrogen-bond donors (Lipinski definition) is 0. The van der Waals surface area contributed by atoms with Gasteiger partial charge in [-0.25, -0.2) is 0 Å². The van der Waals surface area contributed by atoms with Gasteiger partial charge in [-0.05, 0) is 37.6 Å². The van der Waals surface area contributed by atoms with Crippen LogP contribution in [0.15, 0.2) is 77.4 Å². The number of anilines is 1. The van der Waals surface area contributed by atoms with Gasteiger partial charge in [0.05, 0.1) is 17.0 Å². The number of carbonyl (C=O) groups is 1. The summed E-state index contributed by atoms with van der Waals surface area (Å²) < 4.78 is 0. The fraction of sp³-hybridized carbons (Fsp3) is 0.100. The molecule has 1 heterocycles. The monoisotopic (exact) mass is 302 g/mol. The summed E-state index contributed by atoms with van der Waals surface area (Å²) >= 11 is 0. The van der Waals surface area contributed by atoms with Gasteiger partial charge in [0, 0.05) is 0 Å². The molecule has 1 amide bonds. The van der Waals surface area contributed by atoms with Crippen molar-refractivity contribution in [1.82, 2.24) is 0 Å². The maximum atomic E-state index is 12.6. The molecule has 114 valence electrons. The minimum Gasteiger partial charge on any atom is -0.267 e. The van der Waals surface area contributed by atoms with Crippen molar-refractivity contribution in [3.05, 3.63) is 83.4 Å². The highest BCUT2D eigenvalue weighted by Gasteiger charge is 2.27. The van der Waals surface area contributed by atoms with E-state index in [1.54, 1.807) is 0 Å². The maximum Gasteiger partial charge on any atom is 0.280 e. The van der Waals surface area contributed by atoms with E-state index in [4.69, 9.17) is 0 Å². The summed E-state index contributed by atoms with van der Waals surface area (Å²) in [6.07, 6.45) is 5.69. The lowest BCUT2D eigenvalue weighted by atomic mass is 10.1. The normalized spacial score (nSPS) is 16.4. The molecule has 3 rings (SSSR count). The van der Waals surface area contributed by atoms with Gasteiger partial charge in [-0.15, -0.1) is 0 Å². The summed E-state index contributed by atoms with van der Waals surface area (Å²) in [6.45, 7) is 3.87. The molecule has 0 radical (unpaired) electrons. The Labute approximate surface area is 136 Å². The van der Waals surface area contributed by atoms with E-state index in [1.165, 1.54) is 5.01 Å². The van der Waals surface area contributed by atoms with Crippen molar-refractivity contribution in [2.45, 2.75) is 13.8 Å². The molecule has 0 saturated carbocycles. The summed E-state index contributed by atoms with van der Waals surface area (Å²) in [5.41, 5.74) is 4.39. The molecule has 0 aliphatic carbocycles. The number of hydrazone groups is 1. The van der Waals surface area contributed by atoms with Gasteiger partial charge < -0.3 is 0 Å². The summed E-state index contributed by atoms with van der Waals surface area (Å²) in [5, 5.41) is 5.83. The highest BCUT2D eigenvalue weighted by atomic mass is 16.2. The van der Waals surface area contributed by atoms with Crippen molar-refractivity contribution < 1.29 is 4.79 Å². The molecule has 2 aromatic rings. The Morgan fingerprint density at radius 1 is 0.957 bits per heavy atom. The molecule has 0 bridgehead atoms. The summed E-state index contributed by atoms with van der Waals surface area (Å²) in [5.74, 6) is -0.0935. The topological polar surface area (TPSA) is 32.7 Å². The van der Waals surface area contributed by atoms with E-state index in [2.05, 4.69) is 5.10 Å². The zero-order valence-corrected chi connectivity index (χ0v) is 13.2. The molecule has 0 spiro atoms. The lowest BCUT2D eigenvalue weighted by Crippen LogP contribution is -2.21. The third-order valence-corrected chi connectivity index (χ3v) is 3.69. The molecule has 0 aromatic heterocycles. The van der Waals surface area contributed by atoms with E-state index in [-0.39, 0.29) is 5.91 Å². The number of nitrogens with zero attached hydrogens (tertiary/aromatic N) is 2. The third-order valence-electron chi connectivity index (χ3n) is 3.69. The van der Waals surface area contributed by atoms with E-state index in [1.807, 2.05) is 86.7 Å². The minimum atomic E-state index is -0.0935. The van der Waals surface area contributed by atoms with Crippen molar-refractivity contribution in [3.8, 4) is 0 Å². The second-order valence-electron chi connectivity index (χ2n) is 5.49. The summed E-state index contributed by atoms with van der Waals surface area (Å²) in [6, 6.07) is 17.8. The minimum absolute atomic E-state index is 0.0935. The standard InChI is InChI=1S/C20H18N2O/c1-15-11-13-18(14-12-15)22-20(23)19(16(2)21-22)10-6-9-17-7-4-3-5-8-17/h3-14H,1-2H3. The Hall–Kier alpha value is -2.94. The maximum absolute atomic E-state index is 12.6. The molecule has 3 nitrogen and oxygen atoms in total. The van der Waals surface area contributed by atoms with Crippen LogP contribution in [0.5, 0.6) is 0 Å². The first-order valence-electron chi connectivity index (χ1n) is 7.55. The lowest BCUT2D eigenvalue weighted by molar-refractivity contribution is -0.114. The highest BCUT2D eigenvalue weighted by molar-refractivity contribution is 6.29. The van der Waals surface area contributed by atoms with Crippen molar-refractivity contribution in [1.29, 1.82) is 0 Å². The third kappa shape index (κ3) is 3.29. The Kier molecular flexibility index (Phi) is 4.20. The number of rotatable bonds is 3. The smallest absolute Gasteiger partial charge is 0.267 e. The Morgan fingerprint density at radius 2 is 1.65 bits per heavy atom. The number of amides is 1. The average molecular weight is 302 g/mol. The molecule has 0 unspecified atom stereocenters. The van der Waals surface area contributed by atoms with E-state index in [0.29, 0.717) is 5.57 Å². The molecule has 0 saturated heterocycles. The first kappa shape index (κ1) is 15.0. The van der Waals surface area contributed by atoms with Crippen molar-refractivity contribution in [2.24, 2.45) is 5.10 Å². The number of carbonyl (C=O) groups excluding carboxylic acids is 1. The van der Waals surface area contributed by atoms with Gasteiger partial charge in [0.15, 0.2) is 0 Å². The van der Waals surface area contributed by atoms with E-state index >= 15 is 0 Å². The summed E-state index contributed by atoms with van der Waals surface area (Å²) in [7, 11) is 0. The molecule has 0 fully saturated rings. The molecule has 1 aliphatic heterocycles. The van der Waals surface area contributed by atoms with Gasteiger partial charge in [-0.1, -0.05) is 60.2 Å². The molecule has 1 aliphatic rings. The van der Waals surface area contributed by atoms with E-state index in [0.717, 1.165) is 22.5 Å². The van der Waals surface area contributed by atoms with Crippen LogP contribution in [0.3, 0.4) is 0 Å². The van der Waals surface area contributed by atoms with Gasteiger partial charge in [0.1, 0.15) is 0 Å². The van der Waals surface area contributed by atoms with Gasteiger partial charge in [0.2, 0.25) is 0 Å². The van der Waals surface area contributed by atoms with Gasteiger partial charge in [-0.2, -0.15) is 10.1 Å². The van der Waals surface area contributed by atoms with Gasteiger partial charge >= 0.3 is 0 Å². The molecule has 23 heavy (non-hydrogen) atoms. The van der Waals surface area contributed by atoms with E-state index < -0.39 is 0 Å². The first-order valence-corrected chi connectivity index (χ1v) is 7.55. The fourth-order valence-electron chi connectivity index (χ4n) is 2.39. The quantitative estimate of drug-likeness (QED) is 0.775. The Morgan fingerprint density at radius 3 is 2.35 bits per heavy atom. The number of aryl methyl sites for hydroxylation is 1. The summed E-state index contributed by atoms with van der Waals surface area (Å²) in [4.78, 5) is 12.6. The van der Waals surface area contributed by atoms with Crippen LogP contribution < -0.4 is 5.01 Å². The molecule has 2 aromatic carbocycles. The second kappa shape index (κ2) is 6.44. The highest BCUT2D eigenvalue weighted by Crippen LogP contribution is 2.23. The van der Waals surface area contributed by atoms with Crippen LogP contribution in [0, 0.1) is 6.92 Å². The van der Waals surface area contributed by atoms with Crippen molar-refractivity contribution in [3.63, 3.8) is 0 Å². The average Bonchev–Trinajstić information content (AvgIpc) is 2.85. The zero-order valence-electron chi connectivity index (χ0n) is 13.2. The molecule has 0 N–H and O–H groups in total. The Bertz CT molecular complexity index is 799. The first-order chi connectivity index (χ1) is 11.1. The molecule has 0 atom stereocenters. The van der Waals surface area contributed by atoms with Crippen LogP contribution in [0.25, 0.3) is 6.08 Å². The van der Waals surface area contributed by atoms with E-state index in [9.17, 15) is 4.79 Å². The number of allylic oxidation sites excluding steroid dienone is 2. The molecule has 3 heteroatoms. The largest absolute Gasteiger partial charge is 0.280 e. The number of benzene rings is 2.